The van der Waals surface area contributed by atoms with Gasteiger partial charge < -0.3 is 15.8 Å². The molecule has 1 amide bonds. The first-order valence-electron chi connectivity index (χ1n) is 5.17. The second-order valence-corrected chi connectivity index (χ2v) is 3.31. The van der Waals surface area contributed by atoms with Gasteiger partial charge in [0.25, 0.3) is 5.91 Å². The predicted octanol–water partition coefficient (Wildman–Crippen LogP) is 0.965. The van der Waals surface area contributed by atoms with Gasteiger partial charge in [-0.2, -0.15) is 0 Å². The lowest BCUT2D eigenvalue weighted by molar-refractivity contribution is -0.122. The van der Waals surface area contributed by atoms with Gasteiger partial charge in [-0.3, -0.25) is 4.79 Å². The zero-order valence-corrected chi connectivity index (χ0v) is 9.41. The second kappa shape index (κ2) is 6.65. The fourth-order valence-electron chi connectivity index (χ4n) is 1.25. The predicted molar refractivity (Wildman–Crippen MR) is 63.0 cm³/mol. The first kappa shape index (κ1) is 13.2. The molecule has 0 heterocycles. The Morgan fingerprint density at radius 2 is 2.35 bits per heavy atom. The lowest BCUT2D eigenvalue weighted by atomic mass is 10.2. The monoisotopic (exact) mass is 238 g/mol. The van der Waals surface area contributed by atoms with E-state index in [1.807, 2.05) is 0 Å². The third-order valence-corrected chi connectivity index (χ3v) is 2.06. The molecule has 0 aliphatic rings. The fourth-order valence-corrected chi connectivity index (χ4v) is 1.25. The van der Waals surface area contributed by atoms with Crippen LogP contribution in [-0.2, 0) is 11.3 Å². The third kappa shape index (κ3) is 3.88. The zero-order chi connectivity index (χ0) is 12.7. The quantitative estimate of drug-likeness (QED) is 0.726. The van der Waals surface area contributed by atoms with Crippen molar-refractivity contribution in [3.63, 3.8) is 0 Å². The van der Waals surface area contributed by atoms with Crippen molar-refractivity contribution in [3.05, 3.63) is 42.2 Å². The molecular formula is C12H15FN2O2. The number of halogens is 1. The molecule has 5 heteroatoms. The lowest BCUT2D eigenvalue weighted by Gasteiger charge is -2.10. The van der Waals surface area contributed by atoms with Gasteiger partial charge in [0, 0.05) is 18.7 Å². The van der Waals surface area contributed by atoms with Crippen LogP contribution in [0.15, 0.2) is 30.9 Å². The van der Waals surface area contributed by atoms with Gasteiger partial charge in [-0.25, -0.2) is 4.39 Å². The van der Waals surface area contributed by atoms with Crippen LogP contribution in [0, 0.1) is 5.82 Å². The Kier molecular flexibility index (Phi) is 5.16. The Hall–Kier alpha value is -1.88. The molecule has 0 fully saturated rings. The highest BCUT2D eigenvalue weighted by atomic mass is 19.1. The van der Waals surface area contributed by atoms with Crippen molar-refractivity contribution in [2.24, 2.45) is 5.73 Å². The van der Waals surface area contributed by atoms with E-state index in [0.717, 1.165) is 0 Å². The summed E-state index contributed by atoms with van der Waals surface area (Å²) < 4.78 is 18.5. The molecule has 1 rings (SSSR count). The number of carbonyl (C=O) groups is 1. The van der Waals surface area contributed by atoms with Crippen molar-refractivity contribution in [2.75, 3.05) is 13.2 Å². The first-order valence-corrected chi connectivity index (χ1v) is 5.17. The summed E-state index contributed by atoms with van der Waals surface area (Å²) in [4.78, 5) is 11.2. The number of amides is 1. The molecule has 3 N–H and O–H groups in total. The van der Waals surface area contributed by atoms with Gasteiger partial charge in [-0.1, -0.05) is 18.2 Å². The first-order chi connectivity index (χ1) is 8.19. The van der Waals surface area contributed by atoms with Crippen LogP contribution >= 0.6 is 0 Å². The zero-order valence-electron chi connectivity index (χ0n) is 9.41. The van der Waals surface area contributed by atoms with Gasteiger partial charge in [0.1, 0.15) is 0 Å². The number of para-hydroxylation sites is 1. The second-order valence-electron chi connectivity index (χ2n) is 3.31. The molecule has 0 spiro atoms. The van der Waals surface area contributed by atoms with Crippen molar-refractivity contribution >= 4 is 5.91 Å². The molecule has 92 valence electrons. The van der Waals surface area contributed by atoms with E-state index in [2.05, 4.69) is 11.9 Å². The van der Waals surface area contributed by atoms with Crippen molar-refractivity contribution < 1.29 is 13.9 Å². The summed E-state index contributed by atoms with van der Waals surface area (Å²) >= 11 is 0. The van der Waals surface area contributed by atoms with E-state index in [1.54, 1.807) is 18.2 Å². The lowest BCUT2D eigenvalue weighted by Crippen LogP contribution is -2.29. The van der Waals surface area contributed by atoms with Crippen molar-refractivity contribution in [2.45, 2.75) is 6.54 Å². The Morgan fingerprint density at radius 1 is 1.59 bits per heavy atom. The Labute approximate surface area is 99.3 Å². The van der Waals surface area contributed by atoms with Crippen LogP contribution in [0.25, 0.3) is 0 Å². The molecule has 0 unspecified atom stereocenters. The van der Waals surface area contributed by atoms with E-state index < -0.39 is 5.82 Å². The van der Waals surface area contributed by atoms with Crippen LogP contribution in [0.4, 0.5) is 4.39 Å². The average Bonchev–Trinajstić information content (AvgIpc) is 2.34. The number of benzene rings is 1. The third-order valence-electron chi connectivity index (χ3n) is 2.06. The van der Waals surface area contributed by atoms with E-state index >= 15 is 0 Å². The van der Waals surface area contributed by atoms with Gasteiger partial charge >= 0.3 is 0 Å². The molecule has 0 bridgehead atoms. The van der Waals surface area contributed by atoms with Crippen LogP contribution in [0.1, 0.15) is 5.56 Å². The molecule has 1 aromatic rings. The smallest absolute Gasteiger partial charge is 0.258 e. The molecule has 0 aliphatic heterocycles. The summed E-state index contributed by atoms with van der Waals surface area (Å²) in [5.41, 5.74) is 5.97. The van der Waals surface area contributed by atoms with E-state index in [4.69, 9.17) is 10.5 Å². The molecule has 17 heavy (non-hydrogen) atoms. The van der Waals surface area contributed by atoms with Gasteiger partial charge in [0.05, 0.1) is 0 Å². The Bertz CT molecular complexity index is 407. The van der Waals surface area contributed by atoms with Crippen LogP contribution in [0.2, 0.25) is 0 Å². The van der Waals surface area contributed by atoms with Gasteiger partial charge in [0.2, 0.25) is 0 Å². The van der Waals surface area contributed by atoms with Crippen LogP contribution in [0.5, 0.6) is 5.75 Å². The summed E-state index contributed by atoms with van der Waals surface area (Å²) in [6.07, 6.45) is 1.55. The molecule has 0 radical (unpaired) electrons. The maximum absolute atomic E-state index is 13.4. The maximum atomic E-state index is 13.4. The summed E-state index contributed by atoms with van der Waals surface area (Å²) in [5, 5.41) is 2.52. The molecule has 0 atom stereocenters. The largest absolute Gasteiger partial charge is 0.480 e. The fraction of sp³-hybridized carbons (Fsp3) is 0.250. The van der Waals surface area contributed by atoms with Crippen LogP contribution < -0.4 is 15.8 Å². The van der Waals surface area contributed by atoms with Gasteiger partial charge in [0.15, 0.2) is 18.2 Å². The standard InChI is InChI=1S/C12H15FN2O2/c1-2-6-15-11(16)8-17-12-9(7-14)4-3-5-10(12)13/h2-5H,1,6-8,14H2,(H,15,16). The highest BCUT2D eigenvalue weighted by Crippen LogP contribution is 2.21. The van der Waals surface area contributed by atoms with Crippen LogP contribution in [0.3, 0.4) is 0 Å². The molecule has 0 aromatic heterocycles. The number of hydrogen-bond acceptors (Lipinski definition) is 3. The van der Waals surface area contributed by atoms with E-state index in [0.29, 0.717) is 12.1 Å². The minimum atomic E-state index is -0.524. The molecular weight excluding hydrogens is 223 g/mol. The summed E-state index contributed by atoms with van der Waals surface area (Å²) in [6.45, 7) is 3.72. The van der Waals surface area contributed by atoms with Crippen LogP contribution in [-0.4, -0.2) is 19.1 Å². The molecule has 0 saturated heterocycles. The minimum absolute atomic E-state index is 0.0313. The SMILES string of the molecule is C=CCNC(=O)COc1c(F)cccc1CN. The van der Waals surface area contributed by atoms with Crippen molar-refractivity contribution in [1.29, 1.82) is 0 Å². The van der Waals surface area contributed by atoms with E-state index in [9.17, 15) is 9.18 Å². The van der Waals surface area contributed by atoms with E-state index in [1.165, 1.54) is 6.07 Å². The highest BCUT2D eigenvalue weighted by molar-refractivity contribution is 5.77. The van der Waals surface area contributed by atoms with Gasteiger partial charge in [-0.15, -0.1) is 6.58 Å². The summed E-state index contributed by atoms with van der Waals surface area (Å²) in [6, 6.07) is 4.46. The number of carbonyl (C=O) groups excluding carboxylic acids is 1. The maximum Gasteiger partial charge on any atom is 0.258 e. The molecule has 0 aliphatic carbocycles. The molecule has 1 aromatic carbocycles. The topological polar surface area (TPSA) is 64.3 Å². The minimum Gasteiger partial charge on any atom is -0.480 e. The summed E-state index contributed by atoms with van der Waals surface area (Å²) in [5.74, 6) is -0.829. The highest BCUT2D eigenvalue weighted by Gasteiger charge is 2.10. The molecule has 0 saturated carbocycles. The van der Waals surface area contributed by atoms with Gasteiger partial charge in [-0.05, 0) is 6.07 Å². The number of ether oxygens (including phenoxy) is 1. The number of hydrogen-bond donors (Lipinski definition) is 2. The number of rotatable bonds is 6. The van der Waals surface area contributed by atoms with Crippen molar-refractivity contribution in [3.8, 4) is 5.75 Å². The molecule has 4 nitrogen and oxygen atoms in total. The number of nitrogens with one attached hydrogen (secondary N) is 1. The normalized spacial score (nSPS) is 9.76. The Balaban J connectivity index is 2.62. The number of nitrogens with two attached hydrogens (primary N) is 1. The average molecular weight is 238 g/mol. The van der Waals surface area contributed by atoms with Crippen molar-refractivity contribution in [1.82, 2.24) is 5.32 Å². The van der Waals surface area contributed by atoms with E-state index in [-0.39, 0.29) is 24.8 Å². The summed E-state index contributed by atoms with van der Waals surface area (Å²) in [7, 11) is 0. The Morgan fingerprint density at radius 3 is 3.00 bits per heavy atom.